The van der Waals surface area contributed by atoms with Crippen LogP contribution in [0.5, 0.6) is 23.0 Å². The van der Waals surface area contributed by atoms with E-state index in [0.29, 0.717) is 37.7 Å². The summed E-state index contributed by atoms with van der Waals surface area (Å²) in [6.45, 7) is 5.35. The highest BCUT2D eigenvalue weighted by atomic mass is 35.5. The largest absolute Gasteiger partial charge is 0.493 e. The molecule has 1 atom stereocenters. The van der Waals surface area contributed by atoms with Crippen LogP contribution in [0.3, 0.4) is 0 Å². The molecule has 3 aromatic carbocycles. The quantitative estimate of drug-likeness (QED) is 0.173. The maximum absolute atomic E-state index is 14.2. The van der Waals surface area contributed by atoms with Gasteiger partial charge in [0, 0.05) is 0 Å². The van der Waals surface area contributed by atoms with Crippen molar-refractivity contribution < 1.29 is 42.4 Å². The molecular formula is C36H34ClFN2O9S. The number of nitrogens with zero attached hydrogens (tertiary/aromatic N) is 2. The fraction of sp³-hybridized carbons (Fsp3) is 0.278. The Bertz CT molecular complexity index is 2130. The molecule has 0 aliphatic carbocycles. The van der Waals surface area contributed by atoms with Crippen molar-refractivity contribution in [1.82, 2.24) is 4.57 Å². The molecule has 0 saturated heterocycles. The van der Waals surface area contributed by atoms with Crippen LogP contribution in [0.25, 0.3) is 6.08 Å². The summed E-state index contributed by atoms with van der Waals surface area (Å²) in [5.74, 6) is -0.346. The summed E-state index contributed by atoms with van der Waals surface area (Å²) >= 11 is 7.77. The maximum atomic E-state index is 14.2. The van der Waals surface area contributed by atoms with E-state index in [1.165, 1.54) is 30.9 Å². The highest BCUT2D eigenvalue weighted by Crippen LogP contribution is 2.38. The summed E-state index contributed by atoms with van der Waals surface area (Å²) in [5.41, 5.74) is 1.97. The Labute approximate surface area is 295 Å². The molecule has 262 valence electrons. The molecule has 0 amide bonds. The summed E-state index contributed by atoms with van der Waals surface area (Å²) < 4.78 is 48.1. The van der Waals surface area contributed by atoms with Crippen LogP contribution in [-0.2, 0) is 25.7 Å². The Kier molecular flexibility index (Phi) is 11.6. The Balaban J connectivity index is 1.58. The zero-order valence-electron chi connectivity index (χ0n) is 27.9. The molecule has 0 unspecified atom stereocenters. The van der Waals surface area contributed by atoms with Crippen LogP contribution in [0.15, 0.2) is 75.7 Å². The molecule has 0 fully saturated rings. The van der Waals surface area contributed by atoms with Gasteiger partial charge in [0.05, 0.1) is 54.3 Å². The second-order valence-corrected chi connectivity index (χ2v) is 12.2. The lowest BCUT2D eigenvalue weighted by atomic mass is 9.95. The molecule has 0 spiro atoms. The van der Waals surface area contributed by atoms with E-state index in [9.17, 15) is 18.8 Å². The molecule has 11 nitrogen and oxygen atoms in total. The summed E-state index contributed by atoms with van der Waals surface area (Å²) in [6.07, 6.45) is 1.65. The second kappa shape index (κ2) is 16.0. The fourth-order valence-electron chi connectivity index (χ4n) is 5.24. The van der Waals surface area contributed by atoms with Crippen molar-refractivity contribution in [2.45, 2.75) is 33.4 Å². The standard InChI is InChI=1S/C36H34ClFN2O9S/c1-6-46-27-17-23(10-13-26(27)48-19-30(41)45-5)32-31(35(43)47-7-2)20(3)39-36-40(32)34(42)29(50-36)16-22-14-25(37)33(28(15-22)44-4)49-18-21-8-11-24(38)12-9-21/h8-17,32H,6-7,18-19H2,1-5H3/b29-16-/t32-/m0/s1. The van der Waals surface area contributed by atoms with Crippen LogP contribution in [0.2, 0.25) is 5.02 Å². The predicted molar refractivity (Wildman–Crippen MR) is 184 cm³/mol. The molecule has 2 heterocycles. The predicted octanol–water partition coefficient (Wildman–Crippen LogP) is 5.13. The molecule has 1 aliphatic heterocycles. The van der Waals surface area contributed by atoms with Crippen LogP contribution in [0, 0.1) is 5.82 Å². The van der Waals surface area contributed by atoms with Gasteiger partial charge in [0.25, 0.3) is 5.56 Å². The topological polar surface area (TPSA) is 124 Å². The summed E-state index contributed by atoms with van der Waals surface area (Å²) in [7, 11) is 2.72. The van der Waals surface area contributed by atoms with Gasteiger partial charge in [-0.15, -0.1) is 0 Å². The van der Waals surface area contributed by atoms with Gasteiger partial charge in [-0.25, -0.2) is 19.0 Å². The number of methoxy groups -OCH3 is 2. The van der Waals surface area contributed by atoms with Gasteiger partial charge < -0.3 is 28.4 Å². The third-order valence-corrected chi connectivity index (χ3v) is 8.78. The molecule has 5 rings (SSSR count). The van der Waals surface area contributed by atoms with Crippen molar-refractivity contribution in [3.8, 4) is 23.0 Å². The van der Waals surface area contributed by atoms with E-state index < -0.39 is 23.5 Å². The minimum atomic E-state index is -0.929. The number of halogens is 2. The molecule has 50 heavy (non-hydrogen) atoms. The maximum Gasteiger partial charge on any atom is 0.343 e. The number of hydrogen-bond donors (Lipinski definition) is 0. The molecule has 0 radical (unpaired) electrons. The number of aromatic nitrogens is 1. The number of ether oxygens (including phenoxy) is 6. The fourth-order valence-corrected chi connectivity index (χ4v) is 6.56. The van der Waals surface area contributed by atoms with Crippen LogP contribution in [0.4, 0.5) is 4.39 Å². The number of esters is 2. The van der Waals surface area contributed by atoms with Gasteiger partial charge in [-0.1, -0.05) is 41.1 Å². The van der Waals surface area contributed by atoms with Gasteiger partial charge in [-0.3, -0.25) is 9.36 Å². The molecule has 14 heteroatoms. The number of thiazole rings is 1. The van der Waals surface area contributed by atoms with Crippen molar-refractivity contribution >= 4 is 41.0 Å². The average Bonchev–Trinajstić information content (AvgIpc) is 3.40. The van der Waals surface area contributed by atoms with Crippen molar-refractivity contribution in [1.29, 1.82) is 0 Å². The third kappa shape index (κ3) is 7.84. The van der Waals surface area contributed by atoms with Gasteiger partial charge >= 0.3 is 11.9 Å². The normalized spacial score (nSPS) is 14.1. The zero-order valence-corrected chi connectivity index (χ0v) is 29.5. The van der Waals surface area contributed by atoms with Crippen LogP contribution in [-0.4, -0.2) is 50.5 Å². The molecule has 1 aliphatic rings. The summed E-state index contributed by atoms with van der Waals surface area (Å²) in [5, 5.41) is 0.238. The first-order valence-electron chi connectivity index (χ1n) is 15.5. The molecule has 1 aromatic heterocycles. The first kappa shape index (κ1) is 36.1. The number of hydrogen-bond acceptors (Lipinski definition) is 11. The molecule has 0 saturated carbocycles. The van der Waals surface area contributed by atoms with Gasteiger partial charge in [0.1, 0.15) is 12.4 Å². The van der Waals surface area contributed by atoms with Crippen molar-refractivity contribution in [2.75, 3.05) is 34.0 Å². The van der Waals surface area contributed by atoms with Crippen molar-refractivity contribution in [3.63, 3.8) is 0 Å². The number of carbonyl (C=O) groups excluding carboxylic acids is 2. The lowest BCUT2D eigenvalue weighted by Gasteiger charge is -2.25. The van der Waals surface area contributed by atoms with E-state index >= 15 is 0 Å². The van der Waals surface area contributed by atoms with E-state index in [1.54, 1.807) is 69.3 Å². The van der Waals surface area contributed by atoms with E-state index in [2.05, 4.69) is 9.73 Å². The molecular weight excluding hydrogens is 691 g/mol. The third-order valence-electron chi connectivity index (χ3n) is 7.52. The van der Waals surface area contributed by atoms with Gasteiger partial charge in [-0.2, -0.15) is 0 Å². The Morgan fingerprint density at radius 2 is 1.74 bits per heavy atom. The first-order valence-corrected chi connectivity index (χ1v) is 16.7. The number of allylic oxidation sites excluding steroid dienone is 1. The van der Waals surface area contributed by atoms with Gasteiger partial charge in [0.2, 0.25) is 0 Å². The van der Waals surface area contributed by atoms with Crippen molar-refractivity contribution in [2.24, 2.45) is 4.99 Å². The smallest absolute Gasteiger partial charge is 0.343 e. The monoisotopic (exact) mass is 724 g/mol. The van der Waals surface area contributed by atoms with Crippen LogP contribution < -0.4 is 33.8 Å². The summed E-state index contributed by atoms with van der Waals surface area (Å²) in [4.78, 5) is 44.3. The SMILES string of the molecule is CCOC(=O)C1=C(C)N=c2s/c(=C\c3cc(Cl)c(OCc4ccc(F)cc4)c(OC)c3)c(=O)n2[C@H]1c1ccc(OCC(=O)OC)c(OCC)c1. The van der Waals surface area contributed by atoms with E-state index in [1.807, 2.05) is 0 Å². The van der Waals surface area contributed by atoms with Crippen molar-refractivity contribution in [3.05, 3.63) is 113 Å². The highest BCUT2D eigenvalue weighted by molar-refractivity contribution is 7.07. The second-order valence-electron chi connectivity index (χ2n) is 10.8. The lowest BCUT2D eigenvalue weighted by molar-refractivity contribution is -0.143. The molecule has 0 bridgehead atoms. The number of carbonyl (C=O) groups is 2. The minimum Gasteiger partial charge on any atom is -0.493 e. The summed E-state index contributed by atoms with van der Waals surface area (Å²) in [6, 6.07) is 13.2. The Morgan fingerprint density at radius 3 is 2.42 bits per heavy atom. The van der Waals surface area contributed by atoms with Crippen LogP contribution in [0.1, 0.15) is 43.5 Å². The number of fused-ring (bicyclic) bond motifs is 1. The van der Waals surface area contributed by atoms with Crippen LogP contribution >= 0.6 is 22.9 Å². The lowest BCUT2D eigenvalue weighted by Crippen LogP contribution is -2.40. The first-order chi connectivity index (χ1) is 24.1. The van der Waals surface area contributed by atoms with E-state index in [4.69, 9.17) is 35.3 Å². The zero-order chi connectivity index (χ0) is 35.9. The molecule has 0 N–H and O–H groups in total. The van der Waals surface area contributed by atoms with Gasteiger partial charge in [-0.05, 0) is 79.9 Å². The average molecular weight is 725 g/mol. The number of rotatable bonds is 13. The van der Waals surface area contributed by atoms with Gasteiger partial charge in [0.15, 0.2) is 34.4 Å². The Hall–Kier alpha value is -5.14. The highest BCUT2D eigenvalue weighted by Gasteiger charge is 2.34. The molecule has 4 aromatic rings. The number of benzene rings is 3. The van der Waals surface area contributed by atoms with E-state index in [0.717, 1.165) is 16.9 Å². The minimum absolute atomic E-state index is 0.115. The van der Waals surface area contributed by atoms with E-state index in [-0.39, 0.29) is 54.3 Å². The Morgan fingerprint density at radius 1 is 0.980 bits per heavy atom.